The number of nitrogens with zero attached hydrogens (tertiary/aromatic N) is 3. The second-order valence-corrected chi connectivity index (χ2v) is 5.87. The molecule has 0 bridgehead atoms. The van der Waals surface area contributed by atoms with Crippen LogP contribution in [0.3, 0.4) is 0 Å². The van der Waals surface area contributed by atoms with Gasteiger partial charge in [0.05, 0.1) is 12.1 Å². The second-order valence-electron chi connectivity index (χ2n) is 5.87. The molecule has 0 aliphatic carbocycles. The molecule has 0 radical (unpaired) electrons. The summed E-state index contributed by atoms with van der Waals surface area (Å²) < 4.78 is 0. The minimum Gasteiger partial charge on any atom is -0.349 e. The third-order valence-electron chi connectivity index (χ3n) is 4.17. The summed E-state index contributed by atoms with van der Waals surface area (Å²) in [7, 11) is 3.49. The molecule has 0 aromatic rings. The molecule has 110 valence electrons. The molecule has 0 spiro atoms. The van der Waals surface area contributed by atoms with Crippen molar-refractivity contribution in [1.29, 1.82) is 5.26 Å². The fourth-order valence-corrected chi connectivity index (χ4v) is 2.95. The molecule has 0 aromatic heterocycles. The van der Waals surface area contributed by atoms with Gasteiger partial charge in [-0.3, -0.25) is 9.59 Å². The Morgan fingerprint density at radius 2 is 2.20 bits per heavy atom. The zero-order chi connectivity index (χ0) is 14.7. The lowest BCUT2D eigenvalue weighted by molar-refractivity contribution is -0.133. The van der Waals surface area contributed by atoms with Crippen LogP contribution in [0.4, 0.5) is 0 Å². The summed E-state index contributed by atoms with van der Waals surface area (Å²) in [5, 5.41) is 12.2. The van der Waals surface area contributed by atoms with Crippen molar-refractivity contribution in [3.63, 3.8) is 0 Å². The molecule has 20 heavy (non-hydrogen) atoms. The van der Waals surface area contributed by atoms with E-state index in [1.54, 1.807) is 23.9 Å². The van der Waals surface area contributed by atoms with Crippen molar-refractivity contribution < 1.29 is 9.59 Å². The summed E-state index contributed by atoms with van der Waals surface area (Å²) in [6.07, 6.45) is 2.84. The van der Waals surface area contributed by atoms with E-state index >= 15 is 0 Å². The second kappa shape index (κ2) is 6.23. The van der Waals surface area contributed by atoms with Crippen LogP contribution in [0.5, 0.6) is 0 Å². The van der Waals surface area contributed by atoms with E-state index in [4.69, 9.17) is 5.26 Å². The first-order valence-corrected chi connectivity index (χ1v) is 7.16. The number of carbonyl (C=O) groups is 2. The average Bonchev–Trinajstić information content (AvgIpc) is 3.06. The Kier molecular flexibility index (Phi) is 4.61. The number of hydrogen-bond acceptors (Lipinski definition) is 4. The predicted octanol–water partition coefficient (Wildman–Crippen LogP) is -0.0426. The highest BCUT2D eigenvalue weighted by molar-refractivity contribution is 5.83. The molecule has 1 N–H and O–H groups in total. The fraction of sp³-hybridized carbons (Fsp3) is 0.786. The van der Waals surface area contributed by atoms with Gasteiger partial charge < -0.3 is 15.1 Å². The summed E-state index contributed by atoms with van der Waals surface area (Å²) in [6, 6.07) is 1.69. The Balaban J connectivity index is 1.88. The number of carbonyl (C=O) groups excluding carboxylic acids is 2. The summed E-state index contributed by atoms with van der Waals surface area (Å²) in [5.41, 5.74) is 0. The van der Waals surface area contributed by atoms with Crippen LogP contribution in [0.2, 0.25) is 0 Å². The maximum absolute atomic E-state index is 12.4. The number of amides is 2. The van der Waals surface area contributed by atoms with Crippen molar-refractivity contribution in [2.45, 2.75) is 37.8 Å². The third kappa shape index (κ3) is 3.10. The lowest BCUT2D eigenvalue weighted by Crippen LogP contribution is -2.45. The van der Waals surface area contributed by atoms with Crippen molar-refractivity contribution in [2.75, 3.05) is 27.2 Å². The van der Waals surface area contributed by atoms with Gasteiger partial charge in [-0.2, -0.15) is 5.26 Å². The lowest BCUT2D eigenvalue weighted by Gasteiger charge is -2.23. The summed E-state index contributed by atoms with van der Waals surface area (Å²) in [6.45, 7) is 1.37. The Bertz CT molecular complexity index is 429. The van der Waals surface area contributed by atoms with Crippen molar-refractivity contribution in [2.24, 2.45) is 5.92 Å². The zero-order valence-electron chi connectivity index (χ0n) is 12.1. The predicted molar refractivity (Wildman–Crippen MR) is 73.6 cm³/mol. The highest BCUT2D eigenvalue weighted by atomic mass is 16.2. The highest BCUT2D eigenvalue weighted by Crippen LogP contribution is 2.23. The number of likely N-dealkylation sites (tertiary alicyclic amines) is 1. The third-order valence-corrected chi connectivity index (χ3v) is 4.17. The van der Waals surface area contributed by atoms with Crippen LogP contribution in [0.25, 0.3) is 0 Å². The normalized spacial score (nSPS) is 29.2. The van der Waals surface area contributed by atoms with Crippen molar-refractivity contribution in [3.05, 3.63) is 0 Å². The van der Waals surface area contributed by atoms with Gasteiger partial charge in [-0.1, -0.05) is 0 Å². The number of rotatable bonds is 3. The van der Waals surface area contributed by atoms with E-state index in [0.717, 1.165) is 12.8 Å². The molecule has 6 nitrogen and oxygen atoms in total. The van der Waals surface area contributed by atoms with E-state index in [0.29, 0.717) is 25.9 Å². The molecule has 2 aliphatic heterocycles. The Morgan fingerprint density at radius 1 is 1.45 bits per heavy atom. The van der Waals surface area contributed by atoms with Crippen molar-refractivity contribution in [3.8, 4) is 6.07 Å². The van der Waals surface area contributed by atoms with Gasteiger partial charge in [0.1, 0.15) is 6.04 Å². The molecule has 6 heteroatoms. The maximum atomic E-state index is 12.4. The van der Waals surface area contributed by atoms with Gasteiger partial charge in [0.15, 0.2) is 0 Å². The molecule has 2 fully saturated rings. The quantitative estimate of drug-likeness (QED) is 0.786. The average molecular weight is 278 g/mol. The number of nitriles is 1. The SMILES string of the molecule is CN(C)C(=O)C[C@@H]1CN[C@H](C(=O)N2CCC[C@H]2C#N)C1. The topological polar surface area (TPSA) is 76.4 Å². The van der Waals surface area contributed by atoms with Gasteiger partial charge in [0, 0.05) is 27.1 Å². The lowest BCUT2D eigenvalue weighted by atomic mass is 10.0. The van der Waals surface area contributed by atoms with E-state index in [2.05, 4.69) is 11.4 Å². The Hall–Kier alpha value is -1.61. The standard InChI is InChI=1S/C14H22N4O2/c1-17(2)13(19)7-10-6-12(16-9-10)14(20)18-5-3-4-11(18)8-15/h10-12,16H,3-7,9H2,1-2H3/t10-,11+,12+/m1/s1. The summed E-state index contributed by atoms with van der Waals surface area (Å²) >= 11 is 0. The molecule has 3 atom stereocenters. The number of nitrogens with one attached hydrogen (secondary N) is 1. The minimum atomic E-state index is -0.272. The van der Waals surface area contributed by atoms with Gasteiger partial charge >= 0.3 is 0 Å². The van der Waals surface area contributed by atoms with Gasteiger partial charge in [-0.15, -0.1) is 0 Å². The molecule has 0 saturated carbocycles. The smallest absolute Gasteiger partial charge is 0.240 e. The maximum Gasteiger partial charge on any atom is 0.240 e. The molecule has 2 heterocycles. The number of hydrogen-bond donors (Lipinski definition) is 1. The molecule has 2 amide bonds. The largest absolute Gasteiger partial charge is 0.349 e. The minimum absolute atomic E-state index is 0.0221. The van der Waals surface area contributed by atoms with E-state index in [-0.39, 0.29) is 29.8 Å². The van der Waals surface area contributed by atoms with Crippen molar-refractivity contribution >= 4 is 11.8 Å². The summed E-state index contributed by atoms with van der Waals surface area (Å²) in [5.74, 6) is 0.330. The van der Waals surface area contributed by atoms with Crippen LogP contribution in [-0.2, 0) is 9.59 Å². The Morgan fingerprint density at radius 3 is 2.85 bits per heavy atom. The Labute approximate surface area is 119 Å². The van der Waals surface area contributed by atoms with Crippen molar-refractivity contribution in [1.82, 2.24) is 15.1 Å². The first kappa shape index (κ1) is 14.8. The molecule has 0 unspecified atom stereocenters. The first-order chi connectivity index (χ1) is 9.52. The van der Waals surface area contributed by atoms with Gasteiger partial charge in [0.25, 0.3) is 0 Å². The molecule has 2 aliphatic rings. The van der Waals surface area contributed by atoms with E-state index in [1.807, 2.05) is 0 Å². The van der Waals surface area contributed by atoms with Crippen LogP contribution in [0.1, 0.15) is 25.7 Å². The van der Waals surface area contributed by atoms with E-state index in [9.17, 15) is 9.59 Å². The highest BCUT2D eigenvalue weighted by Gasteiger charge is 2.37. The molecular formula is C14H22N4O2. The van der Waals surface area contributed by atoms with Gasteiger partial charge in [-0.25, -0.2) is 0 Å². The molecule has 2 rings (SSSR count). The van der Waals surface area contributed by atoms with E-state index in [1.165, 1.54) is 0 Å². The van der Waals surface area contributed by atoms with E-state index < -0.39 is 0 Å². The fourth-order valence-electron chi connectivity index (χ4n) is 2.95. The van der Waals surface area contributed by atoms with Crippen LogP contribution in [0.15, 0.2) is 0 Å². The molecule has 2 saturated heterocycles. The monoisotopic (exact) mass is 278 g/mol. The molecular weight excluding hydrogens is 256 g/mol. The zero-order valence-corrected chi connectivity index (χ0v) is 12.1. The summed E-state index contributed by atoms with van der Waals surface area (Å²) in [4.78, 5) is 27.4. The van der Waals surface area contributed by atoms with Crippen LogP contribution >= 0.6 is 0 Å². The van der Waals surface area contributed by atoms with Crippen LogP contribution in [0, 0.1) is 17.2 Å². The molecule has 0 aromatic carbocycles. The van der Waals surface area contributed by atoms with Crippen LogP contribution < -0.4 is 5.32 Å². The van der Waals surface area contributed by atoms with Gasteiger partial charge in [0.2, 0.25) is 11.8 Å². The van der Waals surface area contributed by atoms with Crippen LogP contribution in [-0.4, -0.2) is 60.9 Å². The first-order valence-electron chi connectivity index (χ1n) is 7.16. The van der Waals surface area contributed by atoms with Gasteiger partial charge in [-0.05, 0) is 31.7 Å².